The van der Waals surface area contributed by atoms with Gasteiger partial charge in [-0.2, -0.15) is 0 Å². The third-order valence-electron chi connectivity index (χ3n) is 1.85. The van der Waals surface area contributed by atoms with E-state index in [1.165, 1.54) is 0 Å². The summed E-state index contributed by atoms with van der Waals surface area (Å²) in [6, 6.07) is 0.653. The first kappa shape index (κ1) is 6.09. The van der Waals surface area contributed by atoms with E-state index < -0.39 is 0 Å². The van der Waals surface area contributed by atoms with Gasteiger partial charge < -0.3 is 0 Å². The molecule has 3 N–H and O–H groups in total. The standard InChI is InChI=1S/C7H10N3/c8-7-9-5-3-1-2-4-6(5)10-7/h1-10H. The van der Waals surface area contributed by atoms with Crippen LogP contribution in [0.2, 0.25) is 0 Å². The van der Waals surface area contributed by atoms with Gasteiger partial charge >= 0.3 is 0 Å². The second-order valence-corrected chi connectivity index (χ2v) is 2.59. The molecule has 0 saturated carbocycles. The van der Waals surface area contributed by atoms with E-state index in [0.717, 1.165) is 0 Å². The fourth-order valence-corrected chi connectivity index (χ4v) is 1.36. The zero-order chi connectivity index (χ0) is 6.97. The third-order valence-corrected chi connectivity index (χ3v) is 1.85. The highest BCUT2D eigenvalue weighted by Crippen LogP contribution is 2.09. The van der Waals surface area contributed by atoms with Gasteiger partial charge in [0.2, 0.25) is 0 Å². The fraction of sp³-hybridized carbons (Fsp3) is 0.429. The van der Waals surface area contributed by atoms with E-state index in [1.807, 2.05) is 12.2 Å². The Bertz CT molecular complexity index is 165. The summed E-state index contributed by atoms with van der Waals surface area (Å²) in [4.78, 5) is 0. The Hall–Kier alpha value is -0.640. The number of allylic oxidation sites excluding steroid dienone is 2. The SMILES string of the molecule is [NH]C1NC2C=CC=CC2N1. The van der Waals surface area contributed by atoms with Gasteiger partial charge in [-0.15, -0.1) is 0 Å². The number of rotatable bonds is 0. The van der Waals surface area contributed by atoms with E-state index in [4.69, 9.17) is 5.73 Å². The minimum absolute atomic E-state index is 0.303. The monoisotopic (exact) mass is 136 g/mol. The zero-order valence-electron chi connectivity index (χ0n) is 5.54. The van der Waals surface area contributed by atoms with E-state index in [-0.39, 0.29) is 6.29 Å². The highest BCUT2D eigenvalue weighted by Gasteiger charge is 2.27. The molecule has 2 rings (SSSR count). The van der Waals surface area contributed by atoms with Gasteiger partial charge in [-0.05, 0) is 0 Å². The molecule has 2 aliphatic rings. The average Bonchev–Trinajstić information content (AvgIpc) is 2.27. The van der Waals surface area contributed by atoms with Crippen LogP contribution < -0.4 is 16.4 Å². The van der Waals surface area contributed by atoms with Gasteiger partial charge in [-0.3, -0.25) is 10.6 Å². The normalized spacial score (nSPS) is 43.9. The van der Waals surface area contributed by atoms with Crippen LogP contribution in [0.3, 0.4) is 0 Å². The number of hydrogen-bond acceptors (Lipinski definition) is 2. The molecule has 1 heterocycles. The summed E-state index contributed by atoms with van der Waals surface area (Å²) in [7, 11) is 0. The average molecular weight is 136 g/mol. The van der Waals surface area contributed by atoms with Crippen LogP contribution in [0.5, 0.6) is 0 Å². The molecule has 0 bridgehead atoms. The summed E-state index contributed by atoms with van der Waals surface area (Å²) in [5, 5.41) is 6.15. The minimum Gasteiger partial charge on any atom is -0.280 e. The van der Waals surface area contributed by atoms with E-state index in [0.29, 0.717) is 12.1 Å². The second-order valence-electron chi connectivity index (χ2n) is 2.59. The number of hydrogen-bond donors (Lipinski definition) is 2. The van der Waals surface area contributed by atoms with Gasteiger partial charge in [-0.25, -0.2) is 5.73 Å². The molecule has 0 spiro atoms. The zero-order valence-corrected chi connectivity index (χ0v) is 5.54. The van der Waals surface area contributed by atoms with E-state index >= 15 is 0 Å². The Labute approximate surface area is 60.0 Å². The first-order valence-electron chi connectivity index (χ1n) is 3.44. The van der Waals surface area contributed by atoms with Crippen LogP contribution in [0.1, 0.15) is 0 Å². The maximum atomic E-state index is 7.34. The summed E-state index contributed by atoms with van der Waals surface area (Å²) < 4.78 is 0. The fourth-order valence-electron chi connectivity index (χ4n) is 1.36. The van der Waals surface area contributed by atoms with Crippen LogP contribution in [-0.2, 0) is 0 Å². The highest BCUT2D eigenvalue weighted by atomic mass is 15.3. The van der Waals surface area contributed by atoms with Crippen molar-refractivity contribution >= 4 is 0 Å². The van der Waals surface area contributed by atoms with Crippen molar-refractivity contribution in [1.82, 2.24) is 16.4 Å². The Morgan fingerprint density at radius 3 is 2.00 bits per heavy atom. The minimum atomic E-state index is -0.303. The van der Waals surface area contributed by atoms with E-state index in [2.05, 4.69) is 22.8 Å². The summed E-state index contributed by atoms with van der Waals surface area (Å²) in [6.45, 7) is 0. The maximum absolute atomic E-state index is 7.34. The third kappa shape index (κ3) is 0.883. The quantitative estimate of drug-likeness (QED) is 0.476. The first-order valence-corrected chi connectivity index (χ1v) is 3.44. The molecule has 3 nitrogen and oxygen atoms in total. The van der Waals surface area contributed by atoms with Crippen molar-refractivity contribution in [2.24, 2.45) is 0 Å². The molecule has 10 heavy (non-hydrogen) atoms. The molecule has 0 aromatic heterocycles. The second kappa shape index (κ2) is 2.20. The summed E-state index contributed by atoms with van der Waals surface area (Å²) >= 11 is 0. The molecule has 2 unspecified atom stereocenters. The predicted octanol–water partition coefficient (Wildman–Crippen LogP) is -0.391. The summed E-state index contributed by atoms with van der Waals surface area (Å²) in [5.74, 6) is 0. The Balaban J connectivity index is 2.14. The van der Waals surface area contributed by atoms with Crippen molar-refractivity contribution in [3.63, 3.8) is 0 Å². The lowest BCUT2D eigenvalue weighted by Gasteiger charge is -2.12. The Kier molecular flexibility index (Phi) is 1.34. The van der Waals surface area contributed by atoms with Crippen LogP contribution in [0.15, 0.2) is 24.3 Å². The lowest BCUT2D eigenvalue weighted by atomic mass is 10.1. The van der Waals surface area contributed by atoms with Crippen LogP contribution >= 0.6 is 0 Å². The van der Waals surface area contributed by atoms with Crippen LogP contribution in [0, 0.1) is 0 Å². The Morgan fingerprint density at radius 1 is 1.00 bits per heavy atom. The molecule has 53 valence electrons. The first-order chi connectivity index (χ1) is 4.86. The van der Waals surface area contributed by atoms with Gasteiger partial charge in [0, 0.05) is 12.1 Å². The van der Waals surface area contributed by atoms with E-state index in [9.17, 15) is 0 Å². The molecular formula is C7H10N3. The lowest BCUT2D eigenvalue weighted by Crippen LogP contribution is -2.33. The number of fused-ring (bicyclic) bond motifs is 1. The molecule has 2 atom stereocenters. The largest absolute Gasteiger partial charge is 0.280 e. The molecule has 0 aromatic rings. The maximum Gasteiger partial charge on any atom is 0.125 e. The van der Waals surface area contributed by atoms with Crippen molar-refractivity contribution in [1.29, 1.82) is 0 Å². The Morgan fingerprint density at radius 2 is 1.50 bits per heavy atom. The van der Waals surface area contributed by atoms with Gasteiger partial charge in [0.25, 0.3) is 0 Å². The predicted molar refractivity (Wildman–Crippen MR) is 39.0 cm³/mol. The van der Waals surface area contributed by atoms with Crippen molar-refractivity contribution in [3.8, 4) is 0 Å². The van der Waals surface area contributed by atoms with Crippen molar-refractivity contribution in [2.75, 3.05) is 0 Å². The van der Waals surface area contributed by atoms with Crippen LogP contribution in [0.25, 0.3) is 0 Å². The molecule has 0 amide bonds. The number of nitrogens with one attached hydrogen (secondary N) is 3. The van der Waals surface area contributed by atoms with Gasteiger partial charge in [0.1, 0.15) is 6.29 Å². The molecular weight excluding hydrogens is 126 g/mol. The van der Waals surface area contributed by atoms with Crippen LogP contribution in [-0.4, -0.2) is 18.4 Å². The van der Waals surface area contributed by atoms with Gasteiger partial charge in [0.15, 0.2) is 0 Å². The van der Waals surface area contributed by atoms with Crippen molar-refractivity contribution < 1.29 is 0 Å². The molecule has 0 aromatic carbocycles. The van der Waals surface area contributed by atoms with Crippen molar-refractivity contribution in [2.45, 2.75) is 18.4 Å². The van der Waals surface area contributed by atoms with Gasteiger partial charge in [-0.1, -0.05) is 24.3 Å². The van der Waals surface area contributed by atoms with Crippen molar-refractivity contribution in [3.05, 3.63) is 24.3 Å². The summed E-state index contributed by atoms with van der Waals surface area (Å²) in [5.41, 5.74) is 7.34. The molecule has 1 radical (unpaired) electrons. The summed E-state index contributed by atoms with van der Waals surface area (Å²) in [6.07, 6.45) is 7.86. The molecule has 1 aliphatic carbocycles. The highest BCUT2D eigenvalue weighted by molar-refractivity contribution is 5.22. The van der Waals surface area contributed by atoms with Gasteiger partial charge in [0.05, 0.1) is 0 Å². The van der Waals surface area contributed by atoms with E-state index in [1.54, 1.807) is 0 Å². The molecule has 1 aliphatic heterocycles. The lowest BCUT2D eigenvalue weighted by molar-refractivity contribution is 0.542. The molecule has 1 fully saturated rings. The van der Waals surface area contributed by atoms with Crippen LogP contribution in [0.4, 0.5) is 0 Å². The smallest absolute Gasteiger partial charge is 0.125 e. The molecule has 3 heteroatoms. The topological polar surface area (TPSA) is 47.9 Å². The molecule has 1 saturated heterocycles.